The van der Waals surface area contributed by atoms with Crippen LogP contribution in [0.4, 0.5) is 5.69 Å². The Kier molecular flexibility index (Phi) is 8.17. The Morgan fingerprint density at radius 1 is 1.06 bits per heavy atom. The summed E-state index contributed by atoms with van der Waals surface area (Å²) in [5, 5.41) is 15.1. The molecule has 2 aromatic carbocycles. The maximum Gasteiger partial charge on any atom is 0.224 e. The fraction of sp³-hybridized carbons (Fsp3) is 0.318. The predicted molar refractivity (Wildman–Crippen MR) is 120 cm³/mol. The van der Waals surface area contributed by atoms with E-state index < -0.39 is 0 Å². The number of ketones is 1. The van der Waals surface area contributed by atoms with Crippen LogP contribution in [0.1, 0.15) is 43.0 Å². The quantitative estimate of drug-likeness (QED) is 0.272. The second kappa shape index (κ2) is 11.3. The van der Waals surface area contributed by atoms with Gasteiger partial charge in [0.25, 0.3) is 0 Å². The first-order valence-electron chi connectivity index (χ1n) is 10.1. The summed E-state index contributed by atoms with van der Waals surface area (Å²) in [7, 11) is 1.60. The van der Waals surface area contributed by atoms with Crippen molar-refractivity contribution in [3.8, 4) is 11.4 Å². The summed E-state index contributed by atoms with van der Waals surface area (Å²) in [6, 6.07) is 14.3. The second-order valence-electron chi connectivity index (χ2n) is 6.87. The summed E-state index contributed by atoms with van der Waals surface area (Å²) < 4.78 is 6.74. The maximum atomic E-state index is 12.6. The van der Waals surface area contributed by atoms with Crippen LogP contribution in [0.5, 0.6) is 5.75 Å². The number of anilines is 1. The first kappa shape index (κ1) is 22.5. The highest BCUT2D eigenvalue weighted by Gasteiger charge is 2.13. The molecule has 162 valence electrons. The van der Waals surface area contributed by atoms with Crippen molar-refractivity contribution in [2.24, 2.45) is 0 Å². The molecule has 0 aliphatic heterocycles. The van der Waals surface area contributed by atoms with Crippen molar-refractivity contribution in [3.63, 3.8) is 0 Å². The van der Waals surface area contributed by atoms with Crippen LogP contribution < -0.4 is 10.1 Å². The highest BCUT2D eigenvalue weighted by atomic mass is 32.2. The molecule has 8 nitrogen and oxygen atoms in total. The summed E-state index contributed by atoms with van der Waals surface area (Å²) in [5.74, 6) is 0.879. The molecule has 0 atom stereocenters. The van der Waals surface area contributed by atoms with Crippen molar-refractivity contribution in [1.82, 2.24) is 20.2 Å². The van der Waals surface area contributed by atoms with E-state index in [1.165, 1.54) is 11.8 Å². The van der Waals surface area contributed by atoms with Crippen LogP contribution in [0.15, 0.2) is 53.7 Å². The largest absolute Gasteiger partial charge is 0.497 e. The van der Waals surface area contributed by atoms with Crippen LogP contribution in [0.2, 0.25) is 0 Å². The molecule has 0 spiro atoms. The molecular weight excluding hydrogens is 414 g/mol. The predicted octanol–water partition coefficient (Wildman–Crippen LogP) is 4.16. The molecule has 1 aromatic heterocycles. The van der Waals surface area contributed by atoms with Gasteiger partial charge in [0.05, 0.1) is 18.6 Å². The Morgan fingerprint density at radius 3 is 2.48 bits per heavy atom. The van der Waals surface area contributed by atoms with Crippen LogP contribution in [0.25, 0.3) is 5.69 Å². The second-order valence-corrected chi connectivity index (χ2v) is 7.81. The molecule has 0 saturated heterocycles. The Labute approximate surface area is 185 Å². The molecule has 0 radical (unpaired) electrons. The minimum absolute atomic E-state index is 0.00606. The zero-order valence-electron chi connectivity index (χ0n) is 17.6. The maximum absolute atomic E-state index is 12.6. The standard InChI is InChI=1S/C22H25N5O3S/c1-3-4-5-6-21(29)23-17-9-7-16(8-10-17)20(28)15-31-22-24-25-26-27(22)18-11-13-19(30-2)14-12-18/h7-14H,3-6,15H2,1-2H3,(H,23,29). The molecule has 9 heteroatoms. The number of tetrazole rings is 1. The fourth-order valence-electron chi connectivity index (χ4n) is 2.87. The SMILES string of the molecule is CCCCCC(=O)Nc1ccc(C(=O)CSc2nnnn2-c2ccc(OC)cc2)cc1. The molecule has 0 fully saturated rings. The topological polar surface area (TPSA) is 99.0 Å². The summed E-state index contributed by atoms with van der Waals surface area (Å²) in [6.07, 6.45) is 3.51. The first-order chi connectivity index (χ1) is 15.1. The van der Waals surface area contributed by atoms with Gasteiger partial charge in [-0.1, -0.05) is 31.5 Å². The zero-order valence-corrected chi connectivity index (χ0v) is 18.4. The van der Waals surface area contributed by atoms with Gasteiger partial charge in [-0.25, -0.2) is 0 Å². The van der Waals surface area contributed by atoms with E-state index in [9.17, 15) is 9.59 Å². The van der Waals surface area contributed by atoms with Crippen molar-refractivity contribution in [2.45, 2.75) is 37.8 Å². The number of nitrogens with zero attached hydrogens (tertiary/aromatic N) is 4. The average Bonchev–Trinajstić information content (AvgIpc) is 3.27. The molecule has 1 amide bonds. The van der Waals surface area contributed by atoms with E-state index in [0.717, 1.165) is 30.7 Å². The van der Waals surface area contributed by atoms with Crippen molar-refractivity contribution < 1.29 is 14.3 Å². The van der Waals surface area contributed by atoms with Gasteiger partial charge in [0.2, 0.25) is 11.1 Å². The molecule has 0 unspecified atom stereocenters. The molecule has 0 bridgehead atoms. The molecule has 0 saturated carbocycles. The average molecular weight is 440 g/mol. The summed E-state index contributed by atoms with van der Waals surface area (Å²) in [4.78, 5) is 24.5. The van der Waals surface area contributed by atoms with E-state index in [0.29, 0.717) is 22.8 Å². The van der Waals surface area contributed by atoms with Crippen molar-refractivity contribution in [2.75, 3.05) is 18.2 Å². The Bertz CT molecular complexity index is 1000. The lowest BCUT2D eigenvalue weighted by Gasteiger charge is -2.07. The molecule has 3 aromatic rings. The van der Waals surface area contributed by atoms with Gasteiger partial charge in [0.15, 0.2) is 5.78 Å². The third-order valence-corrected chi connectivity index (χ3v) is 5.51. The number of Topliss-reactive ketones (excluding diaryl/α,β-unsaturated/α-hetero) is 1. The lowest BCUT2D eigenvalue weighted by molar-refractivity contribution is -0.116. The van der Waals surface area contributed by atoms with E-state index in [2.05, 4.69) is 27.8 Å². The van der Waals surface area contributed by atoms with E-state index >= 15 is 0 Å². The Morgan fingerprint density at radius 2 is 1.81 bits per heavy atom. The number of unbranched alkanes of at least 4 members (excludes halogenated alkanes) is 2. The number of nitrogens with one attached hydrogen (secondary N) is 1. The number of methoxy groups -OCH3 is 1. The molecule has 31 heavy (non-hydrogen) atoms. The number of hydrogen-bond acceptors (Lipinski definition) is 7. The van der Waals surface area contributed by atoms with Crippen LogP contribution in [0, 0.1) is 0 Å². The van der Waals surface area contributed by atoms with Crippen molar-refractivity contribution >= 4 is 29.1 Å². The molecule has 0 aliphatic rings. The van der Waals surface area contributed by atoms with Crippen LogP contribution in [-0.2, 0) is 4.79 Å². The highest BCUT2D eigenvalue weighted by Crippen LogP contribution is 2.21. The van der Waals surface area contributed by atoms with Gasteiger partial charge in [-0.3, -0.25) is 9.59 Å². The van der Waals surface area contributed by atoms with Crippen LogP contribution >= 0.6 is 11.8 Å². The van der Waals surface area contributed by atoms with Gasteiger partial charge in [-0.2, -0.15) is 4.68 Å². The van der Waals surface area contributed by atoms with Crippen LogP contribution in [-0.4, -0.2) is 44.8 Å². The minimum Gasteiger partial charge on any atom is -0.497 e. The highest BCUT2D eigenvalue weighted by molar-refractivity contribution is 7.99. The summed E-state index contributed by atoms with van der Waals surface area (Å²) in [5.41, 5.74) is 2.04. The van der Waals surface area contributed by atoms with Crippen molar-refractivity contribution in [3.05, 3.63) is 54.1 Å². The van der Waals surface area contributed by atoms with Gasteiger partial charge in [0, 0.05) is 17.7 Å². The Hall–Kier alpha value is -3.20. The lowest BCUT2D eigenvalue weighted by Crippen LogP contribution is -2.11. The van der Waals surface area contributed by atoms with Crippen molar-refractivity contribution in [1.29, 1.82) is 0 Å². The molecule has 1 N–H and O–H groups in total. The number of carbonyl (C=O) groups excluding carboxylic acids is 2. The van der Waals surface area contributed by atoms with Gasteiger partial charge in [-0.05, 0) is 65.4 Å². The molecule has 1 heterocycles. The normalized spacial score (nSPS) is 10.6. The van der Waals surface area contributed by atoms with E-state index in [-0.39, 0.29) is 17.4 Å². The third kappa shape index (κ3) is 6.39. The Balaban J connectivity index is 1.55. The lowest BCUT2D eigenvalue weighted by atomic mass is 10.1. The first-order valence-corrected chi connectivity index (χ1v) is 11.1. The zero-order chi connectivity index (χ0) is 22.1. The number of amides is 1. The third-order valence-electron chi connectivity index (χ3n) is 4.59. The summed E-state index contributed by atoms with van der Waals surface area (Å²) >= 11 is 1.26. The fourth-order valence-corrected chi connectivity index (χ4v) is 3.65. The smallest absolute Gasteiger partial charge is 0.224 e. The number of benzene rings is 2. The number of rotatable bonds is 11. The molecular formula is C22H25N5O3S. The molecule has 0 aliphatic carbocycles. The number of ether oxygens (including phenoxy) is 1. The number of carbonyl (C=O) groups is 2. The van der Waals surface area contributed by atoms with Crippen LogP contribution in [0.3, 0.4) is 0 Å². The van der Waals surface area contributed by atoms with Gasteiger partial charge in [-0.15, -0.1) is 5.10 Å². The molecule has 3 rings (SSSR count). The van der Waals surface area contributed by atoms with E-state index in [1.54, 1.807) is 36.1 Å². The number of thioether (sulfide) groups is 1. The monoisotopic (exact) mass is 439 g/mol. The van der Waals surface area contributed by atoms with E-state index in [4.69, 9.17) is 4.74 Å². The number of aromatic nitrogens is 4. The van der Waals surface area contributed by atoms with E-state index in [1.807, 2.05) is 24.3 Å². The van der Waals surface area contributed by atoms with Gasteiger partial charge >= 0.3 is 0 Å². The van der Waals surface area contributed by atoms with Gasteiger partial charge < -0.3 is 10.1 Å². The number of hydrogen-bond donors (Lipinski definition) is 1. The minimum atomic E-state index is -0.0462. The van der Waals surface area contributed by atoms with Gasteiger partial charge in [0.1, 0.15) is 5.75 Å². The summed E-state index contributed by atoms with van der Waals surface area (Å²) in [6.45, 7) is 2.10.